The van der Waals surface area contributed by atoms with Crippen LogP contribution in [0.4, 0.5) is 0 Å². The van der Waals surface area contributed by atoms with E-state index < -0.39 is 20.1 Å². The number of rotatable bonds is 6. The molecule has 0 atom stereocenters. The summed E-state index contributed by atoms with van der Waals surface area (Å²) in [6.07, 6.45) is 0.204. The van der Waals surface area contributed by atoms with Gasteiger partial charge in [-0.2, -0.15) is 8.42 Å². The SMILES string of the molecule is O=S(=O)(O)CCCO[SiH2]OO. The molecule has 0 aromatic rings. The van der Waals surface area contributed by atoms with Gasteiger partial charge < -0.3 is 4.43 Å². The van der Waals surface area contributed by atoms with Crippen LogP contribution in [0.3, 0.4) is 0 Å². The summed E-state index contributed by atoms with van der Waals surface area (Å²) in [5.74, 6) is -0.327. The predicted octanol–water partition coefficient (Wildman–Crippen LogP) is -1.23. The fraction of sp³-hybridized carbons (Fsp3) is 1.00. The molecular formula is C3H10O6SSi. The highest BCUT2D eigenvalue weighted by Gasteiger charge is 2.02. The summed E-state index contributed by atoms with van der Waals surface area (Å²) in [7, 11) is -5.24. The molecular weight excluding hydrogens is 192 g/mol. The van der Waals surface area contributed by atoms with Gasteiger partial charge >= 0.3 is 10.0 Å². The molecule has 0 saturated carbocycles. The van der Waals surface area contributed by atoms with Gasteiger partial charge in [-0.05, 0) is 6.42 Å². The van der Waals surface area contributed by atoms with Crippen LogP contribution in [0.2, 0.25) is 0 Å². The third-order valence-corrected chi connectivity index (χ3v) is 2.19. The van der Waals surface area contributed by atoms with Gasteiger partial charge in [0.05, 0.1) is 5.75 Å². The monoisotopic (exact) mass is 202 g/mol. The minimum absolute atomic E-state index is 0.173. The second kappa shape index (κ2) is 5.63. The molecule has 0 unspecified atom stereocenters. The molecule has 0 saturated heterocycles. The Kier molecular flexibility index (Phi) is 5.63. The van der Waals surface area contributed by atoms with Crippen molar-refractivity contribution in [3.63, 3.8) is 0 Å². The van der Waals surface area contributed by atoms with E-state index in [4.69, 9.17) is 9.81 Å². The van der Waals surface area contributed by atoms with Crippen molar-refractivity contribution in [2.75, 3.05) is 12.4 Å². The molecule has 0 aliphatic rings. The van der Waals surface area contributed by atoms with E-state index in [0.717, 1.165) is 0 Å². The zero-order valence-electron chi connectivity index (χ0n) is 5.76. The van der Waals surface area contributed by atoms with Crippen LogP contribution >= 0.6 is 0 Å². The molecule has 0 amide bonds. The molecule has 0 heterocycles. The maximum atomic E-state index is 10.1. The average molecular weight is 202 g/mol. The van der Waals surface area contributed by atoms with E-state index in [1.54, 1.807) is 0 Å². The minimum atomic E-state index is -3.88. The van der Waals surface area contributed by atoms with Gasteiger partial charge in [0.25, 0.3) is 10.1 Å². The maximum Gasteiger partial charge on any atom is 0.344 e. The van der Waals surface area contributed by atoms with E-state index in [1.165, 1.54) is 0 Å². The van der Waals surface area contributed by atoms with Crippen molar-refractivity contribution < 1.29 is 27.2 Å². The summed E-state index contributed by atoms with van der Waals surface area (Å²) in [6.45, 7) is 0.173. The van der Waals surface area contributed by atoms with E-state index in [-0.39, 0.29) is 18.8 Å². The van der Waals surface area contributed by atoms with E-state index in [2.05, 4.69) is 9.00 Å². The molecule has 0 fully saturated rings. The molecule has 0 radical (unpaired) electrons. The highest BCUT2D eigenvalue weighted by Crippen LogP contribution is 1.88. The van der Waals surface area contributed by atoms with Crippen LogP contribution in [0.15, 0.2) is 0 Å². The summed E-state index contributed by atoms with van der Waals surface area (Å²) < 4.78 is 36.8. The van der Waals surface area contributed by atoms with Crippen LogP contribution in [0.25, 0.3) is 0 Å². The second-order valence-electron chi connectivity index (χ2n) is 1.79. The molecule has 0 bridgehead atoms. The molecule has 8 heteroatoms. The van der Waals surface area contributed by atoms with Gasteiger partial charge in [0.2, 0.25) is 0 Å². The molecule has 0 rings (SSSR count). The second-order valence-corrected chi connectivity index (χ2v) is 4.27. The molecule has 68 valence electrons. The van der Waals surface area contributed by atoms with Gasteiger partial charge in [-0.25, -0.2) is 0 Å². The lowest BCUT2D eigenvalue weighted by Crippen LogP contribution is -2.09. The molecule has 0 spiro atoms. The summed E-state index contributed by atoms with van der Waals surface area (Å²) >= 11 is 0. The van der Waals surface area contributed by atoms with Crippen LogP contribution < -0.4 is 0 Å². The van der Waals surface area contributed by atoms with Gasteiger partial charge in [-0.3, -0.25) is 14.4 Å². The molecule has 0 aromatic heterocycles. The Labute approximate surface area is 66.9 Å². The summed E-state index contributed by atoms with van der Waals surface area (Å²) in [5.41, 5.74) is 0. The van der Waals surface area contributed by atoms with Crippen LogP contribution in [-0.2, 0) is 19.1 Å². The zero-order chi connectivity index (χ0) is 8.74. The highest BCUT2D eigenvalue weighted by molar-refractivity contribution is 7.85. The minimum Gasteiger partial charge on any atom is -0.397 e. The lowest BCUT2D eigenvalue weighted by atomic mass is 10.5. The molecule has 0 aliphatic carbocycles. The highest BCUT2D eigenvalue weighted by atomic mass is 32.2. The first-order valence-electron chi connectivity index (χ1n) is 2.85. The van der Waals surface area contributed by atoms with E-state index in [9.17, 15) is 8.42 Å². The van der Waals surface area contributed by atoms with Crippen molar-refractivity contribution in [3.8, 4) is 0 Å². The lowest BCUT2D eigenvalue weighted by molar-refractivity contribution is -0.152. The molecule has 0 aromatic carbocycles. The van der Waals surface area contributed by atoms with E-state index in [1.807, 2.05) is 0 Å². The van der Waals surface area contributed by atoms with Crippen LogP contribution in [0, 0.1) is 0 Å². The average Bonchev–Trinajstić information content (AvgIpc) is 1.85. The molecule has 6 nitrogen and oxygen atoms in total. The Balaban J connectivity index is 3.16. The molecule has 2 N–H and O–H groups in total. The first-order chi connectivity index (χ1) is 5.06. The fourth-order valence-corrected chi connectivity index (χ4v) is 1.32. The van der Waals surface area contributed by atoms with E-state index in [0.29, 0.717) is 0 Å². The van der Waals surface area contributed by atoms with Crippen molar-refractivity contribution >= 4 is 20.1 Å². The van der Waals surface area contributed by atoms with Crippen molar-refractivity contribution in [2.24, 2.45) is 0 Å². The van der Waals surface area contributed by atoms with Gasteiger partial charge in [0, 0.05) is 6.61 Å². The Morgan fingerprint density at radius 2 is 2.09 bits per heavy atom. The number of hydrogen-bond donors (Lipinski definition) is 2. The maximum absolute atomic E-state index is 10.1. The van der Waals surface area contributed by atoms with Crippen LogP contribution in [-0.4, -0.2) is 40.6 Å². The topological polar surface area (TPSA) is 93.1 Å². The molecule has 11 heavy (non-hydrogen) atoms. The van der Waals surface area contributed by atoms with Crippen molar-refractivity contribution in [2.45, 2.75) is 6.42 Å². The Morgan fingerprint density at radius 1 is 1.45 bits per heavy atom. The van der Waals surface area contributed by atoms with Crippen molar-refractivity contribution in [3.05, 3.63) is 0 Å². The quantitative estimate of drug-likeness (QED) is 0.184. The predicted molar refractivity (Wildman–Crippen MR) is 39.2 cm³/mol. The van der Waals surface area contributed by atoms with Crippen molar-refractivity contribution in [1.29, 1.82) is 0 Å². The fourth-order valence-electron chi connectivity index (χ4n) is 0.440. The zero-order valence-corrected chi connectivity index (χ0v) is 7.99. The Bertz CT molecular complexity index is 176. The smallest absolute Gasteiger partial charge is 0.344 e. The van der Waals surface area contributed by atoms with E-state index >= 15 is 0 Å². The van der Waals surface area contributed by atoms with Gasteiger partial charge in [-0.15, -0.1) is 0 Å². The Morgan fingerprint density at radius 3 is 2.55 bits per heavy atom. The van der Waals surface area contributed by atoms with Gasteiger partial charge in [0.1, 0.15) is 0 Å². The summed E-state index contributed by atoms with van der Waals surface area (Å²) in [4.78, 5) is 0. The van der Waals surface area contributed by atoms with Gasteiger partial charge in [0.15, 0.2) is 0 Å². The Hall–Kier alpha value is 0.00688. The summed E-state index contributed by atoms with van der Waals surface area (Å²) in [6, 6.07) is 0. The van der Waals surface area contributed by atoms with Crippen molar-refractivity contribution in [1.82, 2.24) is 0 Å². The molecule has 0 aliphatic heterocycles. The standard InChI is InChI=1S/C3H10O6SSi/c4-9-11-8-2-1-3-10(5,6)7/h4H,1-3,11H2,(H,5,6,7). The largest absolute Gasteiger partial charge is 0.397 e. The third kappa shape index (κ3) is 10.0. The normalized spacial score (nSPS) is 12.9. The summed E-state index contributed by atoms with van der Waals surface area (Å²) in [5, 5.41) is 7.79. The first-order valence-corrected chi connectivity index (χ1v) is 5.62. The van der Waals surface area contributed by atoms with Crippen LogP contribution in [0.1, 0.15) is 6.42 Å². The third-order valence-electron chi connectivity index (χ3n) is 0.827. The number of hydrogen-bond acceptors (Lipinski definition) is 5. The first kappa shape index (κ1) is 11.0. The van der Waals surface area contributed by atoms with Crippen LogP contribution in [0.5, 0.6) is 0 Å². The van der Waals surface area contributed by atoms with Gasteiger partial charge in [-0.1, -0.05) is 0 Å². The lowest BCUT2D eigenvalue weighted by Gasteiger charge is -1.98.